The zero-order chi connectivity index (χ0) is 11.5. The number of likely N-dealkylation sites (N-methyl/N-ethyl adjacent to an activating group) is 1. The van der Waals surface area contributed by atoms with E-state index in [0.29, 0.717) is 12.0 Å². The van der Waals surface area contributed by atoms with Crippen LogP contribution in [0.4, 0.5) is 0 Å². The topological polar surface area (TPSA) is 41.6 Å². The number of ether oxygens (including phenoxy) is 1. The van der Waals surface area contributed by atoms with E-state index < -0.39 is 0 Å². The van der Waals surface area contributed by atoms with Crippen LogP contribution in [0.1, 0.15) is 25.7 Å². The molecule has 4 nitrogen and oxygen atoms in total. The largest absolute Gasteiger partial charge is 0.468 e. The smallest absolute Gasteiger partial charge is 0.323 e. The van der Waals surface area contributed by atoms with E-state index in [1.54, 1.807) is 0 Å². The number of methoxy groups -OCH3 is 1. The predicted molar refractivity (Wildman–Crippen MR) is 62.2 cm³/mol. The summed E-state index contributed by atoms with van der Waals surface area (Å²) in [5.74, 6) is 0.419. The highest BCUT2D eigenvalue weighted by molar-refractivity contribution is 5.76. The van der Waals surface area contributed by atoms with Crippen LogP contribution in [0.5, 0.6) is 0 Å². The summed E-state index contributed by atoms with van der Waals surface area (Å²) in [6, 6.07) is 0.518. The number of hydrogen-bond donors (Lipinski definition) is 1. The second-order valence-electron chi connectivity index (χ2n) is 5.02. The minimum Gasteiger partial charge on any atom is -0.468 e. The van der Waals surface area contributed by atoms with E-state index in [1.807, 2.05) is 0 Å². The first kappa shape index (κ1) is 11.9. The van der Waals surface area contributed by atoms with Crippen LogP contribution in [0.15, 0.2) is 0 Å². The third-order valence-corrected chi connectivity index (χ3v) is 3.79. The van der Waals surface area contributed by atoms with Crippen molar-refractivity contribution in [2.45, 2.75) is 37.8 Å². The minimum atomic E-state index is -0.0943. The van der Waals surface area contributed by atoms with Gasteiger partial charge in [0.25, 0.3) is 0 Å². The zero-order valence-corrected chi connectivity index (χ0v) is 10.2. The monoisotopic (exact) mass is 226 g/mol. The molecule has 0 spiro atoms. The molecule has 1 aliphatic carbocycles. The fourth-order valence-electron chi connectivity index (χ4n) is 2.50. The second-order valence-corrected chi connectivity index (χ2v) is 5.02. The summed E-state index contributed by atoms with van der Waals surface area (Å²) in [5, 5.41) is 3.39. The van der Waals surface area contributed by atoms with Gasteiger partial charge in [-0.2, -0.15) is 0 Å². The highest BCUT2D eigenvalue weighted by Crippen LogP contribution is 2.33. The molecule has 1 saturated carbocycles. The number of rotatable bonds is 5. The van der Waals surface area contributed by atoms with E-state index in [2.05, 4.69) is 17.3 Å². The first-order valence-corrected chi connectivity index (χ1v) is 6.24. The number of esters is 1. The molecule has 0 aromatic heterocycles. The molecule has 0 amide bonds. The fourth-order valence-corrected chi connectivity index (χ4v) is 2.50. The SMILES string of the molecule is COC(=O)C(NCC1CCCN1C)C1CC1. The molecule has 92 valence electrons. The summed E-state index contributed by atoms with van der Waals surface area (Å²) in [6.07, 6.45) is 4.83. The van der Waals surface area contributed by atoms with Gasteiger partial charge in [-0.05, 0) is 45.2 Å². The normalized spacial score (nSPS) is 28.0. The molecule has 0 aromatic rings. The molecular formula is C12H22N2O2. The average molecular weight is 226 g/mol. The third-order valence-electron chi connectivity index (χ3n) is 3.79. The van der Waals surface area contributed by atoms with E-state index in [4.69, 9.17) is 4.74 Å². The van der Waals surface area contributed by atoms with Crippen LogP contribution >= 0.6 is 0 Å². The highest BCUT2D eigenvalue weighted by atomic mass is 16.5. The molecule has 4 heteroatoms. The molecule has 2 rings (SSSR count). The van der Waals surface area contributed by atoms with Crippen LogP contribution in [0.25, 0.3) is 0 Å². The van der Waals surface area contributed by atoms with Gasteiger partial charge in [0.05, 0.1) is 7.11 Å². The molecule has 16 heavy (non-hydrogen) atoms. The van der Waals surface area contributed by atoms with E-state index in [1.165, 1.54) is 26.5 Å². The van der Waals surface area contributed by atoms with Crippen molar-refractivity contribution in [2.24, 2.45) is 5.92 Å². The van der Waals surface area contributed by atoms with E-state index in [-0.39, 0.29) is 12.0 Å². The minimum absolute atomic E-state index is 0.0704. The van der Waals surface area contributed by atoms with Crippen molar-refractivity contribution in [3.05, 3.63) is 0 Å². The first-order valence-electron chi connectivity index (χ1n) is 6.24. The van der Waals surface area contributed by atoms with Crippen LogP contribution in [-0.4, -0.2) is 50.2 Å². The molecule has 1 N–H and O–H groups in total. The summed E-state index contributed by atoms with van der Waals surface area (Å²) >= 11 is 0. The van der Waals surface area contributed by atoms with Gasteiger partial charge in [-0.25, -0.2) is 0 Å². The van der Waals surface area contributed by atoms with E-state index in [9.17, 15) is 4.79 Å². The Morgan fingerprint density at radius 2 is 2.25 bits per heavy atom. The maximum Gasteiger partial charge on any atom is 0.323 e. The van der Waals surface area contributed by atoms with Crippen molar-refractivity contribution in [1.29, 1.82) is 0 Å². The Morgan fingerprint density at radius 3 is 2.75 bits per heavy atom. The summed E-state index contributed by atoms with van der Waals surface area (Å²) in [6.45, 7) is 2.09. The van der Waals surface area contributed by atoms with Crippen LogP contribution in [0, 0.1) is 5.92 Å². The number of nitrogens with one attached hydrogen (secondary N) is 1. The summed E-state index contributed by atoms with van der Waals surface area (Å²) in [5.41, 5.74) is 0. The molecule has 1 aliphatic heterocycles. The van der Waals surface area contributed by atoms with Gasteiger partial charge in [0.15, 0.2) is 0 Å². The lowest BCUT2D eigenvalue weighted by molar-refractivity contribution is -0.143. The van der Waals surface area contributed by atoms with Crippen molar-refractivity contribution in [1.82, 2.24) is 10.2 Å². The molecule has 0 radical (unpaired) electrons. The summed E-state index contributed by atoms with van der Waals surface area (Å²) < 4.78 is 4.84. The summed E-state index contributed by atoms with van der Waals surface area (Å²) in [4.78, 5) is 14.0. The molecule has 1 saturated heterocycles. The van der Waals surface area contributed by atoms with Crippen molar-refractivity contribution < 1.29 is 9.53 Å². The third kappa shape index (κ3) is 2.74. The molecule has 2 fully saturated rings. The second kappa shape index (κ2) is 5.15. The molecule has 0 bridgehead atoms. The lowest BCUT2D eigenvalue weighted by atomic mass is 10.1. The maximum absolute atomic E-state index is 11.6. The van der Waals surface area contributed by atoms with Crippen molar-refractivity contribution in [3.8, 4) is 0 Å². The highest BCUT2D eigenvalue weighted by Gasteiger charge is 2.37. The Balaban J connectivity index is 1.79. The Morgan fingerprint density at radius 1 is 1.50 bits per heavy atom. The summed E-state index contributed by atoms with van der Waals surface area (Å²) in [7, 11) is 3.63. The first-order chi connectivity index (χ1) is 7.72. The molecule has 2 aliphatic rings. The van der Waals surface area contributed by atoms with Gasteiger partial charge >= 0.3 is 5.97 Å². The number of carbonyl (C=O) groups excluding carboxylic acids is 1. The van der Waals surface area contributed by atoms with Gasteiger partial charge < -0.3 is 15.0 Å². The van der Waals surface area contributed by atoms with E-state index in [0.717, 1.165) is 19.4 Å². The van der Waals surface area contributed by atoms with Crippen molar-refractivity contribution in [3.63, 3.8) is 0 Å². The quantitative estimate of drug-likeness (QED) is 0.698. The molecule has 0 aromatic carbocycles. The number of nitrogens with zero attached hydrogens (tertiary/aromatic N) is 1. The van der Waals surface area contributed by atoms with Gasteiger partial charge in [-0.1, -0.05) is 0 Å². The van der Waals surface area contributed by atoms with Crippen molar-refractivity contribution in [2.75, 3.05) is 27.2 Å². The van der Waals surface area contributed by atoms with Crippen LogP contribution in [0.2, 0.25) is 0 Å². The van der Waals surface area contributed by atoms with Gasteiger partial charge in [0, 0.05) is 12.6 Å². The van der Waals surface area contributed by atoms with Crippen LogP contribution in [-0.2, 0) is 9.53 Å². The number of carbonyl (C=O) groups is 1. The van der Waals surface area contributed by atoms with Gasteiger partial charge in [-0.15, -0.1) is 0 Å². The Labute approximate surface area is 97.3 Å². The molecule has 2 atom stereocenters. The maximum atomic E-state index is 11.6. The standard InChI is InChI=1S/C12H22N2O2/c1-14-7-3-4-10(14)8-13-11(9-5-6-9)12(15)16-2/h9-11,13H,3-8H2,1-2H3. The Kier molecular flexibility index (Phi) is 3.82. The lowest BCUT2D eigenvalue weighted by Gasteiger charge is -2.23. The van der Waals surface area contributed by atoms with Crippen molar-refractivity contribution >= 4 is 5.97 Å². The molecule has 2 unspecified atom stereocenters. The molecule has 1 heterocycles. The number of hydrogen-bond acceptors (Lipinski definition) is 4. The lowest BCUT2D eigenvalue weighted by Crippen LogP contribution is -2.45. The van der Waals surface area contributed by atoms with E-state index >= 15 is 0 Å². The Bertz CT molecular complexity index is 253. The van der Waals surface area contributed by atoms with Crippen LogP contribution in [0.3, 0.4) is 0 Å². The fraction of sp³-hybridized carbons (Fsp3) is 0.917. The predicted octanol–water partition coefficient (Wildman–Crippen LogP) is 0.622. The average Bonchev–Trinajstić information content (AvgIpc) is 3.03. The number of likely N-dealkylation sites (tertiary alicyclic amines) is 1. The Hall–Kier alpha value is -0.610. The molecular weight excluding hydrogens is 204 g/mol. The van der Waals surface area contributed by atoms with Crippen LogP contribution < -0.4 is 5.32 Å². The van der Waals surface area contributed by atoms with Gasteiger partial charge in [0.1, 0.15) is 6.04 Å². The van der Waals surface area contributed by atoms with Gasteiger partial charge in [-0.3, -0.25) is 4.79 Å². The van der Waals surface area contributed by atoms with Gasteiger partial charge in [0.2, 0.25) is 0 Å². The zero-order valence-electron chi connectivity index (χ0n) is 10.2.